The van der Waals surface area contributed by atoms with Crippen molar-refractivity contribution in [2.24, 2.45) is 15.0 Å². The third-order valence-electron chi connectivity index (χ3n) is 7.23. The number of carbonyl (C=O) groups is 2. The van der Waals surface area contributed by atoms with E-state index in [9.17, 15) is 24.0 Å². The average molecular weight is 491 g/mol. The van der Waals surface area contributed by atoms with Crippen LogP contribution in [0.15, 0.2) is 15.0 Å². The van der Waals surface area contributed by atoms with Crippen molar-refractivity contribution < 1.29 is 38.0 Å². The molecule has 3 fully saturated rings. The summed E-state index contributed by atoms with van der Waals surface area (Å²) >= 11 is 0. The summed E-state index contributed by atoms with van der Waals surface area (Å²) in [7, 11) is 0. The van der Waals surface area contributed by atoms with Crippen LogP contribution < -0.4 is 0 Å². The van der Waals surface area contributed by atoms with E-state index < -0.39 is 33.5 Å². The van der Waals surface area contributed by atoms with Crippen molar-refractivity contribution >= 4 is 30.3 Å². The molecule has 0 aromatic rings. The minimum atomic E-state index is -0.887. The highest BCUT2D eigenvalue weighted by Crippen LogP contribution is 2.41. The highest BCUT2D eigenvalue weighted by molar-refractivity contribution is 5.80. The molecule has 0 N–H and O–H groups in total. The van der Waals surface area contributed by atoms with E-state index in [1.807, 2.05) is 0 Å². The van der Waals surface area contributed by atoms with Crippen LogP contribution >= 0.6 is 0 Å². The zero-order valence-corrected chi connectivity index (χ0v) is 20.1. The minimum absolute atomic E-state index is 0.203. The van der Waals surface area contributed by atoms with Crippen molar-refractivity contribution in [2.75, 3.05) is 26.2 Å². The van der Waals surface area contributed by atoms with E-state index in [0.29, 0.717) is 38.6 Å². The summed E-state index contributed by atoms with van der Waals surface area (Å²) in [6.45, 7) is 1.11. The number of imide groups is 1. The lowest BCUT2D eigenvalue weighted by molar-refractivity contribution is -1.14. The van der Waals surface area contributed by atoms with Crippen LogP contribution in [0.2, 0.25) is 0 Å². The molecule has 4 amide bonds. The number of hydroxylamine groups is 5. The predicted octanol–water partition coefficient (Wildman–Crippen LogP) is 3.39. The monoisotopic (exact) mass is 490 g/mol. The molecule has 12 heteroatoms. The molecule has 3 rings (SSSR count). The first-order valence-corrected chi connectivity index (χ1v) is 12.6. The lowest BCUT2D eigenvalue weighted by Crippen LogP contribution is -2.80. The van der Waals surface area contributed by atoms with Gasteiger partial charge in [0.05, 0.1) is 13.1 Å². The van der Waals surface area contributed by atoms with E-state index in [1.54, 1.807) is 12.2 Å². The smallest absolute Gasteiger partial charge is 0.211 e. The molecule has 0 radical (unpaired) electrons. The largest absolute Gasteiger partial charge is 0.562 e. The maximum atomic E-state index is 14.3. The van der Waals surface area contributed by atoms with Crippen LogP contribution in [0, 0.1) is 0 Å². The maximum Gasteiger partial charge on any atom is 0.562 e. The number of aliphatic imine (C=N–C) groups is 3. The Morgan fingerprint density at radius 2 is 1.46 bits per heavy atom. The Labute approximate surface area is 204 Å². The van der Waals surface area contributed by atoms with E-state index in [4.69, 9.17) is 4.94 Å². The molecule has 0 bridgehead atoms. The fraction of sp³-hybridized carbons (Fsp3) is 0.783. The summed E-state index contributed by atoms with van der Waals surface area (Å²) in [5.74, 6) is 0. The van der Waals surface area contributed by atoms with Crippen molar-refractivity contribution in [2.45, 2.75) is 89.4 Å². The summed E-state index contributed by atoms with van der Waals surface area (Å²) < 4.78 is -1.24. The molecule has 0 aromatic heterocycles. The van der Waals surface area contributed by atoms with Gasteiger partial charge in [-0.15, -0.1) is 15.0 Å². The maximum absolute atomic E-state index is 14.3. The Kier molecular flexibility index (Phi) is 9.74. The summed E-state index contributed by atoms with van der Waals surface area (Å²) in [5, 5.41) is 1.24. The number of isocyanates is 3. The van der Waals surface area contributed by atoms with Gasteiger partial charge >= 0.3 is 12.1 Å². The molecule has 4 atom stereocenters. The van der Waals surface area contributed by atoms with E-state index >= 15 is 0 Å². The number of carbonyl (C=O) groups excluding carboxylic acids is 5. The van der Waals surface area contributed by atoms with Crippen molar-refractivity contribution in [1.82, 2.24) is 5.06 Å². The number of hydrogen-bond donors (Lipinski definition) is 0. The lowest BCUT2D eigenvalue weighted by Gasteiger charge is -2.47. The first-order valence-electron chi connectivity index (χ1n) is 12.6. The first kappa shape index (κ1) is 26.8. The molecule has 2 spiro atoms. The topological polar surface area (TPSA) is 135 Å². The lowest BCUT2D eigenvalue weighted by atomic mass is 10.2. The van der Waals surface area contributed by atoms with Crippen LogP contribution in [0.25, 0.3) is 0 Å². The van der Waals surface area contributed by atoms with Gasteiger partial charge in [0.1, 0.15) is 13.1 Å². The number of rotatable bonds is 9. The molecule has 0 aliphatic carbocycles. The Hall–Kier alpha value is -2.84. The molecule has 3 saturated heterocycles. The van der Waals surface area contributed by atoms with E-state index in [0.717, 1.165) is 44.9 Å². The zero-order chi connectivity index (χ0) is 25.2. The van der Waals surface area contributed by atoms with Crippen molar-refractivity contribution in [3.63, 3.8) is 0 Å². The van der Waals surface area contributed by atoms with Gasteiger partial charge in [0.25, 0.3) is 0 Å². The Morgan fingerprint density at radius 3 is 2.17 bits per heavy atom. The van der Waals surface area contributed by atoms with Gasteiger partial charge in [0.2, 0.25) is 30.6 Å². The second-order valence-electron chi connectivity index (χ2n) is 9.35. The Balaban J connectivity index is 1.98. The molecule has 3 aliphatic rings. The molecular weight excluding hydrogens is 456 g/mol. The van der Waals surface area contributed by atoms with Crippen LogP contribution in [0.3, 0.4) is 0 Å². The van der Waals surface area contributed by atoms with Crippen LogP contribution in [-0.4, -0.2) is 83.0 Å². The van der Waals surface area contributed by atoms with Gasteiger partial charge < -0.3 is 0 Å². The second-order valence-corrected chi connectivity index (χ2v) is 9.35. The summed E-state index contributed by atoms with van der Waals surface area (Å²) in [4.78, 5) is 78.8. The molecule has 12 nitrogen and oxygen atoms in total. The second kappa shape index (κ2) is 12.7. The molecule has 4 unspecified atom stereocenters. The van der Waals surface area contributed by atoms with Gasteiger partial charge in [-0.3, -0.25) is 0 Å². The molecule has 35 heavy (non-hydrogen) atoms. The van der Waals surface area contributed by atoms with Crippen LogP contribution in [0.4, 0.5) is 9.59 Å². The predicted molar refractivity (Wildman–Crippen MR) is 121 cm³/mol. The summed E-state index contributed by atoms with van der Waals surface area (Å²) in [6.07, 6.45) is 11.2. The number of urea groups is 2. The normalized spacial score (nSPS) is 31.1. The van der Waals surface area contributed by atoms with Gasteiger partial charge in [-0.2, -0.15) is 4.79 Å². The van der Waals surface area contributed by atoms with Crippen LogP contribution in [0.1, 0.15) is 77.0 Å². The van der Waals surface area contributed by atoms with Gasteiger partial charge in [0.15, 0.2) is 0 Å². The van der Waals surface area contributed by atoms with Crippen molar-refractivity contribution in [3.8, 4) is 0 Å². The van der Waals surface area contributed by atoms with E-state index in [2.05, 4.69) is 15.0 Å². The molecule has 3 aliphatic heterocycles. The van der Waals surface area contributed by atoms with Gasteiger partial charge in [0, 0.05) is 19.3 Å². The van der Waals surface area contributed by atoms with Crippen molar-refractivity contribution in [3.05, 3.63) is 0 Å². The van der Waals surface area contributed by atoms with Gasteiger partial charge in [-0.05, 0) is 49.6 Å². The van der Waals surface area contributed by atoms with E-state index in [-0.39, 0.29) is 19.6 Å². The van der Waals surface area contributed by atoms with Crippen molar-refractivity contribution in [1.29, 1.82) is 0 Å². The first-order chi connectivity index (χ1) is 17.1. The third kappa shape index (κ3) is 5.54. The highest BCUT2D eigenvalue weighted by Gasteiger charge is 2.72. The number of amides is 4. The number of quaternary nitrogens is 2. The average Bonchev–Trinajstić information content (AvgIpc) is 3.19. The number of nitrogens with zero attached hydrogens (tertiary/aromatic N) is 6. The fourth-order valence-electron chi connectivity index (χ4n) is 5.46. The van der Waals surface area contributed by atoms with E-state index in [1.165, 1.54) is 11.1 Å². The highest BCUT2D eigenvalue weighted by atomic mass is 16.9. The van der Waals surface area contributed by atoms with Gasteiger partial charge in [-0.25, -0.2) is 24.2 Å². The molecule has 0 saturated carbocycles. The molecular formula is C23H34N6O6+2. The quantitative estimate of drug-likeness (QED) is 0.210. The standard InChI is InChI=1S/C23H34N6O6/c30-17-24-13-7-1-2-8-14-27-22(33)28(15-9-3-5-11-20(28)25-18-31)23(34)29(35-27)16-10-4-6-12-21(29)26-19-32/h20-21H,1-16H2/q+2. The van der Waals surface area contributed by atoms with Gasteiger partial charge in [-0.1, -0.05) is 22.3 Å². The van der Waals surface area contributed by atoms with Crippen LogP contribution in [0.5, 0.6) is 0 Å². The van der Waals surface area contributed by atoms with Crippen LogP contribution in [-0.2, 0) is 19.3 Å². The summed E-state index contributed by atoms with van der Waals surface area (Å²) in [6, 6.07) is -1.05. The number of unbranched alkanes of at least 4 members (excludes halogenated alkanes) is 3. The molecule has 190 valence electrons. The number of hydrogen-bond acceptors (Lipinski definition) is 9. The Bertz CT molecular complexity index is 925. The Morgan fingerprint density at radius 1 is 0.800 bits per heavy atom. The third-order valence-corrected chi connectivity index (χ3v) is 7.23. The molecule has 3 heterocycles. The minimum Gasteiger partial charge on any atom is -0.211 e. The summed E-state index contributed by atoms with van der Waals surface area (Å²) in [5.41, 5.74) is 0. The zero-order valence-electron chi connectivity index (χ0n) is 20.1. The molecule has 0 aromatic carbocycles. The fourth-order valence-corrected chi connectivity index (χ4v) is 5.46. The SMILES string of the molecule is O=C=NCCCCCCN1O[N+]2(CCCCCC2N=C=O)C(=O)[N+]2(CCCCCC2N=C=O)C1=O.